The van der Waals surface area contributed by atoms with Gasteiger partial charge >= 0.3 is 0 Å². The molecule has 1 aliphatic heterocycles. The average molecular weight is 407 g/mol. The molecule has 1 unspecified atom stereocenters. The summed E-state index contributed by atoms with van der Waals surface area (Å²) in [7, 11) is 0. The first kappa shape index (κ1) is 19.8. The first-order chi connectivity index (χ1) is 15.3. The second-order valence-corrected chi connectivity index (χ2v) is 8.69. The van der Waals surface area contributed by atoms with Gasteiger partial charge in [-0.3, -0.25) is 4.90 Å². The van der Waals surface area contributed by atoms with E-state index < -0.39 is 0 Å². The smallest absolute Gasteiger partial charge is 0.0542 e. The highest BCUT2D eigenvalue weighted by molar-refractivity contribution is 5.82. The number of para-hydroxylation sites is 1. The summed E-state index contributed by atoms with van der Waals surface area (Å²) in [5, 5.41) is 6.49. The summed E-state index contributed by atoms with van der Waals surface area (Å²) in [5.41, 5.74) is 4.01. The Balaban J connectivity index is 1.26. The van der Waals surface area contributed by atoms with Gasteiger partial charge in [0.15, 0.2) is 0 Å². The predicted molar refractivity (Wildman–Crippen MR) is 131 cm³/mol. The number of likely N-dealkylation sites (tertiary alicyclic amines) is 1. The van der Waals surface area contributed by atoms with Gasteiger partial charge in [0.1, 0.15) is 0 Å². The molecule has 4 aromatic rings. The van der Waals surface area contributed by atoms with Crippen LogP contribution in [0.2, 0.25) is 0 Å². The number of benzene rings is 4. The molecule has 31 heavy (non-hydrogen) atoms. The predicted octanol–water partition coefficient (Wildman–Crippen LogP) is 6.91. The SMILES string of the molecule is c1ccc(NC(c2ccccc2)C2CCN(Cc3ccc4ccccc4c3)CC2)cc1. The minimum Gasteiger partial charge on any atom is -0.378 e. The molecule has 1 N–H and O–H groups in total. The van der Waals surface area contributed by atoms with Gasteiger partial charge in [-0.25, -0.2) is 0 Å². The van der Waals surface area contributed by atoms with Gasteiger partial charge in [0.25, 0.3) is 0 Å². The summed E-state index contributed by atoms with van der Waals surface area (Å²) in [6, 6.07) is 37.5. The van der Waals surface area contributed by atoms with Crippen LogP contribution in [0, 0.1) is 5.92 Å². The van der Waals surface area contributed by atoms with E-state index in [0.29, 0.717) is 12.0 Å². The minimum absolute atomic E-state index is 0.353. The van der Waals surface area contributed by atoms with E-state index in [1.165, 1.54) is 40.4 Å². The van der Waals surface area contributed by atoms with Crippen LogP contribution in [-0.4, -0.2) is 18.0 Å². The fourth-order valence-corrected chi connectivity index (χ4v) is 4.89. The van der Waals surface area contributed by atoms with E-state index in [9.17, 15) is 0 Å². The minimum atomic E-state index is 0.353. The zero-order valence-corrected chi connectivity index (χ0v) is 18.0. The Hall–Kier alpha value is -3.10. The van der Waals surface area contributed by atoms with Gasteiger partial charge in [-0.15, -0.1) is 0 Å². The second kappa shape index (κ2) is 9.36. The summed E-state index contributed by atoms with van der Waals surface area (Å²) in [6.45, 7) is 3.34. The quantitative estimate of drug-likeness (QED) is 0.374. The zero-order chi connectivity index (χ0) is 20.9. The van der Waals surface area contributed by atoms with Crippen molar-refractivity contribution < 1.29 is 0 Å². The van der Waals surface area contributed by atoms with Gasteiger partial charge in [0, 0.05) is 12.2 Å². The van der Waals surface area contributed by atoms with Crippen molar-refractivity contribution in [3.8, 4) is 0 Å². The number of rotatable bonds is 6. The Morgan fingerprint density at radius 3 is 2.10 bits per heavy atom. The van der Waals surface area contributed by atoms with Gasteiger partial charge in [-0.1, -0.05) is 84.9 Å². The molecule has 1 atom stereocenters. The van der Waals surface area contributed by atoms with Gasteiger partial charge in [-0.05, 0) is 71.9 Å². The molecule has 0 spiro atoms. The molecule has 2 heteroatoms. The third-order valence-corrected chi connectivity index (χ3v) is 6.58. The Labute approximate surface area is 185 Å². The van der Waals surface area contributed by atoms with Crippen molar-refractivity contribution in [2.45, 2.75) is 25.4 Å². The lowest BCUT2D eigenvalue weighted by molar-refractivity contribution is 0.166. The number of fused-ring (bicyclic) bond motifs is 1. The standard InChI is InChI=1S/C29H30N2/c1-3-10-25(11-4-1)29(30-28-13-5-2-6-14-28)26-17-19-31(20-18-26)22-23-15-16-24-9-7-8-12-27(24)21-23/h1-16,21,26,29-30H,17-20,22H2. The molecule has 0 radical (unpaired) electrons. The van der Waals surface area contributed by atoms with E-state index in [1.807, 2.05) is 0 Å². The maximum Gasteiger partial charge on any atom is 0.0542 e. The van der Waals surface area contributed by atoms with Crippen LogP contribution in [0.5, 0.6) is 0 Å². The maximum absolute atomic E-state index is 3.83. The van der Waals surface area contributed by atoms with E-state index in [1.54, 1.807) is 0 Å². The molecule has 2 nitrogen and oxygen atoms in total. The van der Waals surface area contributed by atoms with E-state index in [2.05, 4.69) is 113 Å². The van der Waals surface area contributed by atoms with Crippen LogP contribution >= 0.6 is 0 Å². The molecule has 0 aromatic heterocycles. The first-order valence-corrected chi connectivity index (χ1v) is 11.4. The van der Waals surface area contributed by atoms with Crippen molar-refractivity contribution in [3.63, 3.8) is 0 Å². The molecule has 4 aromatic carbocycles. The first-order valence-electron chi connectivity index (χ1n) is 11.4. The summed E-state index contributed by atoms with van der Waals surface area (Å²) < 4.78 is 0. The monoisotopic (exact) mass is 406 g/mol. The van der Waals surface area contributed by atoms with Crippen LogP contribution in [0.3, 0.4) is 0 Å². The molecule has 1 aliphatic rings. The molecule has 1 fully saturated rings. The van der Waals surface area contributed by atoms with E-state index >= 15 is 0 Å². The van der Waals surface area contributed by atoms with Crippen LogP contribution in [0.25, 0.3) is 10.8 Å². The Morgan fingerprint density at radius 2 is 1.35 bits per heavy atom. The Kier molecular flexibility index (Phi) is 5.99. The highest BCUT2D eigenvalue weighted by Gasteiger charge is 2.27. The summed E-state index contributed by atoms with van der Waals surface area (Å²) >= 11 is 0. The van der Waals surface area contributed by atoms with E-state index in [-0.39, 0.29) is 0 Å². The molecule has 0 bridgehead atoms. The van der Waals surface area contributed by atoms with Crippen molar-refractivity contribution in [1.29, 1.82) is 0 Å². The Morgan fingerprint density at radius 1 is 0.710 bits per heavy atom. The Bertz CT molecular complexity index is 1100. The van der Waals surface area contributed by atoms with Crippen molar-refractivity contribution >= 4 is 16.5 Å². The fraction of sp³-hybridized carbons (Fsp3) is 0.241. The topological polar surface area (TPSA) is 15.3 Å². The molecule has 1 saturated heterocycles. The molecule has 5 rings (SSSR count). The fourth-order valence-electron chi connectivity index (χ4n) is 4.89. The molecule has 1 heterocycles. The van der Waals surface area contributed by atoms with Gasteiger partial charge in [0.2, 0.25) is 0 Å². The van der Waals surface area contributed by atoms with Crippen LogP contribution in [0.1, 0.15) is 30.0 Å². The lowest BCUT2D eigenvalue weighted by Crippen LogP contribution is -2.36. The third-order valence-electron chi connectivity index (χ3n) is 6.58. The van der Waals surface area contributed by atoms with Crippen LogP contribution in [0.4, 0.5) is 5.69 Å². The van der Waals surface area contributed by atoms with E-state index in [4.69, 9.17) is 0 Å². The molecule has 0 aliphatic carbocycles. The molecular formula is C29H30N2. The van der Waals surface area contributed by atoms with E-state index in [0.717, 1.165) is 19.6 Å². The summed E-state index contributed by atoms with van der Waals surface area (Å²) in [6.07, 6.45) is 2.43. The van der Waals surface area contributed by atoms with Crippen molar-refractivity contribution in [1.82, 2.24) is 4.90 Å². The normalized spacial score (nSPS) is 16.3. The molecular weight excluding hydrogens is 376 g/mol. The highest BCUT2D eigenvalue weighted by Crippen LogP contribution is 2.34. The van der Waals surface area contributed by atoms with Crippen LogP contribution in [0.15, 0.2) is 103 Å². The number of nitrogens with one attached hydrogen (secondary N) is 1. The summed E-state index contributed by atoms with van der Waals surface area (Å²) in [5.74, 6) is 0.635. The van der Waals surface area contributed by atoms with Crippen LogP contribution < -0.4 is 5.32 Å². The zero-order valence-electron chi connectivity index (χ0n) is 18.0. The molecule has 0 saturated carbocycles. The number of piperidine rings is 1. The van der Waals surface area contributed by atoms with Crippen molar-refractivity contribution in [2.24, 2.45) is 5.92 Å². The lowest BCUT2D eigenvalue weighted by atomic mass is 9.85. The highest BCUT2D eigenvalue weighted by atomic mass is 15.1. The molecule has 156 valence electrons. The van der Waals surface area contributed by atoms with Gasteiger partial charge in [-0.2, -0.15) is 0 Å². The molecule has 0 amide bonds. The second-order valence-electron chi connectivity index (χ2n) is 8.69. The lowest BCUT2D eigenvalue weighted by Gasteiger charge is -2.37. The van der Waals surface area contributed by atoms with Gasteiger partial charge in [0.05, 0.1) is 6.04 Å². The van der Waals surface area contributed by atoms with Crippen molar-refractivity contribution in [2.75, 3.05) is 18.4 Å². The van der Waals surface area contributed by atoms with Crippen molar-refractivity contribution in [3.05, 3.63) is 114 Å². The summed E-state index contributed by atoms with van der Waals surface area (Å²) in [4.78, 5) is 2.62. The van der Waals surface area contributed by atoms with Gasteiger partial charge < -0.3 is 5.32 Å². The third kappa shape index (κ3) is 4.81. The number of hydrogen-bond acceptors (Lipinski definition) is 2. The number of nitrogens with zero attached hydrogens (tertiary/aromatic N) is 1. The number of anilines is 1. The largest absolute Gasteiger partial charge is 0.378 e. The number of hydrogen-bond donors (Lipinski definition) is 1. The maximum atomic E-state index is 3.83. The van der Waals surface area contributed by atoms with Crippen LogP contribution in [-0.2, 0) is 6.54 Å². The average Bonchev–Trinajstić information content (AvgIpc) is 2.84.